The van der Waals surface area contributed by atoms with E-state index in [-0.39, 0.29) is 0 Å². The molecule has 3 rings (SSSR count). The normalized spacial score (nSPS) is 31.2. The smallest absolute Gasteiger partial charge is 0.325 e. The molecular weight excluding hydrogens is 276 g/mol. The minimum absolute atomic E-state index is 0.480. The number of fused-ring (bicyclic) bond motifs is 1. The first-order chi connectivity index (χ1) is 9.93. The average Bonchev–Trinajstić information content (AvgIpc) is 2.42. The van der Waals surface area contributed by atoms with E-state index >= 15 is 0 Å². The second-order valence-corrected chi connectivity index (χ2v) is 5.28. The molecule has 1 unspecified atom stereocenters. The van der Waals surface area contributed by atoms with E-state index in [9.17, 15) is 14.4 Å². The van der Waals surface area contributed by atoms with E-state index in [0.717, 1.165) is 10.5 Å². The number of aliphatic carboxylic acids is 1. The summed E-state index contributed by atoms with van der Waals surface area (Å²) in [5.41, 5.74) is -0.415. The maximum atomic E-state index is 12.0. The highest BCUT2D eigenvalue weighted by Gasteiger charge is 2.64. The van der Waals surface area contributed by atoms with E-state index < -0.39 is 42.2 Å². The van der Waals surface area contributed by atoms with Crippen LogP contribution in [0.25, 0.3) is 0 Å². The number of carboxylic acids is 1. The molecule has 0 bridgehead atoms. The van der Waals surface area contributed by atoms with E-state index in [2.05, 4.69) is 5.32 Å². The van der Waals surface area contributed by atoms with E-state index in [1.54, 1.807) is 6.92 Å². The molecule has 0 radical (unpaired) electrons. The molecule has 2 N–H and O–H groups in total. The average molecular weight is 290 g/mol. The summed E-state index contributed by atoms with van der Waals surface area (Å²) in [5.74, 6) is -1.67. The Morgan fingerprint density at radius 2 is 2.05 bits per heavy atom. The van der Waals surface area contributed by atoms with Crippen LogP contribution < -0.4 is 5.32 Å². The lowest BCUT2D eigenvalue weighted by atomic mass is 9.78. The van der Waals surface area contributed by atoms with E-state index in [1.165, 1.54) is 0 Å². The lowest BCUT2D eigenvalue weighted by molar-refractivity contribution is -0.250. The molecule has 2 saturated heterocycles. The zero-order valence-electron chi connectivity index (χ0n) is 11.3. The third-order valence-electron chi connectivity index (χ3n) is 3.92. The summed E-state index contributed by atoms with van der Waals surface area (Å²) in [5, 5.41) is 11.1. The number of ether oxygens (including phenoxy) is 1. The SMILES string of the molecule is C[C@@]12OC(c3ccccc3)[C@@H]1N(CC(=O)O)C(=O)NC2=O. The molecule has 7 heteroatoms. The van der Waals surface area contributed by atoms with Gasteiger partial charge in [0.2, 0.25) is 0 Å². The van der Waals surface area contributed by atoms with Crippen LogP contribution in [0.2, 0.25) is 0 Å². The third kappa shape index (κ3) is 1.97. The van der Waals surface area contributed by atoms with Gasteiger partial charge in [0, 0.05) is 0 Å². The highest BCUT2D eigenvalue weighted by molar-refractivity contribution is 6.03. The second-order valence-electron chi connectivity index (χ2n) is 5.28. The summed E-state index contributed by atoms with van der Waals surface area (Å²) >= 11 is 0. The van der Waals surface area contributed by atoms with Crippen LogP contribution in [0, 0.1) is 0 Å². The number of hydrogen-bond donors (Lipinski definition) is 2. The molecule has 2 aliphatic heterocycles. The van der Waals surface area contributed by atoms with Gasteiger partial charge in [-0.3, -0.25) is 14.9 Å². The van der Waals surface area contributed by atoms with Gasteiger partial charge in [-0.1, -0.05) is 30.3 Å². The number of nitrogens with zero attached hydrogens (tertiary/aromatic N) is 1. The summed E-state index contributed by atoms with van der Waals surface area (Å²) < 4.78 is 5.69. The van der Waals surface area contributed by atoms with Crippen molar-refractivity contribution in [2.45, 2.75) is 24.7 Å². The Bertz CT molecular complexity index is 617. The molecule has 2 fully saturated rings. The molecule has 0 saturated carbocycles. The second kappa shape index (κ2) is 4.56. The van der Waals surface area contributed by atoms with E-state index in [1.807, 2.05) is 30.3 Å². The first-order valence-corrected chi connectivity index (χ1v) is 6.50. The van der Waals surface area contributed by atoms with Gasteiger partial charge in [-0.15, -0.1) is 0 Å². The third-order valence-corrected chi connectivity index (χ3v) is 3.92. The molecule has 7 nitrogen and oxygen atoms in total. The predicted octanol–water partition coefficient (Wildman–Crippen LogP) is 0.522. The number of rotatable bonds is 3. The van der Waals surface area contributed by atoms with Gasteiger partial charge in [0.1, 0.15) is 18.7 Å². The minimum atomic E-state index is -1.22. The number of benzene rings is 1. The van der Waals surface area contributed by atoms with Crippen molar-refractivity contribution < 1.29 is 24.2 Å². The summed E-state index contributed by atoms with van der Waals surface area (Å²) in [6, 6.07) is 7.79. The molecule has 2 heterocycles. The minimum Gasteiger partial charge on any atom is -0.480 e. The first-order valence-electron chi connectivity index (χ1n) is 6.50. The maximum Gasteiger partial charge on any atom is 0.325 e. The van der Waals surface area contributed by atoms with Gasteiger partial charge in [-0.05, 0) is 12.5 Å². The molecule has 2 aliphatic rings. The molecule has 21 heavy (non-hydrogen) atoms. The Labute approximate surface area is 120 Å². The molecule has 0 aliphatic carbocycles. The number of carboxylic acid groups (broad SMARTS) is 1. The van der Waals surface area contributed by atoms with Crippen LogP contribution in [0.1, 0.15) is 18.6 Å². The maximum absolute atomic E-state index is 12.0. The van der Waals surface area contributed by atoms with Gasteiger partial charge in [-0.25, -0.2) is 4.79 Å². The molecule has 110 valence electrons. The van der Waals surface area contributed by atoms with Crippen LogP contribution in [0.3, 0.4) is 0 Å². The Kier molecular flexibility index (Phi) is 2.94. The van der Waals surface area contributed by atoms with Crippen LogP contribution in [-0.4, -0.2) is 46.1 Å². The van der Waals surface area contributed by atoms with E-state index in [4.69, 9.17) is 9.84 Å². The van der Waals surface area contributed by atoms with Crippen molar-refractivity contribution in [1.82, 2.24) is 10.2 Å². The zero-order valence-corrected chi connectivity index (χ0v) is 11.3. The summed E-state index contributed by atoms with van der Waals surface area (Å²) in [6.07, 6.45) is -0.509. The summed E-state index contributed by atoms with van der Waals surface area (Å²) in [7, 11) is 0. The summed E-state index contributed by atoms with van der Waals surface area (Å²) in [4.78, 5) is 36.0. The Hall–Kier alpha value is -2.41. The van der Waals surface area contributed by atoms with Gasteiger partial charge in [0.05, 0.1) is 0 Å². The van der Waals surface area contributed by atoms with Crippen molar-refractivity contribution in [2.24, 2.45) is 0 Å². The van der Waals surface area contributed by atoms with Crippen LogP contribution in [0.5, 0.6) is 0 Å². The zero-order chi connectivity index (χ0) is 15.2. The largest absolute Gasteiger partial charge is 0.480 e. The number of urea groups is 1. The van der Waals surface area contributed by atoms with Crippen molar-refractivity contribution in [3.05, 3.63) is 35.9 Å². The lowest BCUT2D eigenvalue weighted by Crippen LogP contribution is -2.78. The molecule has 3 atom stereocenters. The monoisotopic (exact) mass is 290 g/mol. The van der Waals surface area contributed by atoms with Crippen molar-refractivity contribution in [3.8, 4) is 0 Å². The van der Waals surface area contributed by atoms with Crippen molar-refractivity contribution >= 4 is 17.9 Å². The number of hydrogen-bond acceptors (Lipinski definition) is 4. The van der Waals surface area contributed by atoms with Gasteiger partial charge >= 0.3 is 12.0 Å². The number of carbonyl (C=O) groups excluding carboxylic acids is 2. The fourth-order valence-corrected chi connectivity index (χ4v) is 2.89. The van der Waals surface area contributed by atoms with Crippen molar-refractivity contribution in [2.75, 3.05) is 6.54 Å². The van der Waals surface area contributed by atoms with Crippen LogP contribution in [0.4, 0.5) is 4.79 Å². The Morgan fingerprint density at radius 3 is 2.67 bits per heavy atom. The van der Waals surface area contributed by atoms with Gasteiger partial charge in [0.15, 0.2) is 5.60 Å². The van der Waals surface area contributed by atoms with Crippen LogP contribution in [0.15, 0.2) is 30.3 Å². The van der Waals surface area contributed by atoms with Crippen LogP contribution >= 0.6 is 0 Å². The highest BCUT2D eigenvalue weighted by Crippen LogP contribution is 2.48. The molecule has 1 aromatic carbocycles. The standard InChI is InChI=1S/C14H14N2O5/c1-14-11(10(21-14)8-5-3-2-4-6-8)16(7-9(17)18)13(20)15-12(14)19/h2-6,10-11H,7H2,1H3,(H,17,18)(H,15,19,20)/t10?,11-,14+/m0/s1. The number of nitrogens with one attached hydrogen (secondary N) is 1. The van der Waals surface area contributed by atoms with Crippen LogP contribution in [-0.2, 0) is 14.3 Å². The van der Waals surface area contributed by atoms with E-state index in [0.29, 0.717) is 0 Å². The van der Waals surface area contributed by atoms with Gasteiger partial charge < -0.3 is 14.7 Å². The summed E-state index contributed by atoms with van der Waals surface area (Å²) in [6.45, 7) is 1.08. The van der Waals surface area contributed by atoms with Crippen molar-refractivity contribution in [1.29, 1.82) is 0 Å². The molecule has 0 spiro atoms. The molecule has 3 amide bonds. The quantitative estimate of drug-likeness (QED) is 0.846. The first kappa shape index (κ1) is 13.6. The van der Waals surface area contributed by atoms with Gasteiger partial charge in [0.25, 0.3) is 5.91 Å². The molecule has 1 aromatic rings. The Morgan fingerprint density at radius 1 is 1.38 bits per heavy atom. The fourth-order valence-electron chi connectivity index (χ4n) is 2.89. The fraction of sp³-hybridized carbons (Fsp3) is 0.357. The topological polar surface area (TPSA) is 95.9 Å². The molecular formula is C14H14N2O5. The van der Waals surface area contributed by atoms with Crippen molar-refractivity contribution in [3.63, 3.8) is 0 Å². The number of amides is 3. The van der Waals surface area contributed by atoms with Gasteiger partial charge in [-0.2, -0.15) is 0 Å². The highest BCUT2D eigenvalue weighted by atomic mass is 16.6. The lowest BCUT2D eigenvalue weighted by Gasteiger charge is -2.57. The predicted molar refractivity (Wildman–Crippen MR) is 70.3 cm³/mol. The Balaban J connectivity index is 1.96. The number of carbonyl (C=O) groups is 3. The number of imide groups is 1. The molecule has 0 aromatic heterocycles.